The number of nitro benzene ring substituents is 1. The van der Waals surface area contributed by atoms with Gasteiger partial charge >= 0.3 is 6.03 Å². The van der Waals surface area contributed by atoms with E-state index < -0.39 is 22.8 Å². The van der Waals surface area contributed by atoms with Crippen molar-refractivity contribution in [3.63, 3.8) is 0 Å². The molecule has 0 aliphatic carbocycles. The molecule has 0 unspecified atom stereocenters. The quantitative estimate of drug-likeness (QED) is 0.248. The highest BCUT2D eigenvalue weighted by molar-refractivity contribution is 6.31. The Morgan fingerprint density at radius 1 is 1.10 bits per heavy atom. The van der Waals surface area contributed by atoms with Crippen LogP contribution in [0.2, 0.25) is 0 Å². The largest absolute Gasteiger partial charge is 0.488 e. The van der Waals surface area contributed by atoms with Crippen LogP contribution in [0, 0.1) is 10.1 Å². The fourth-order valence-electron chi connectivity index (χ4n) is 2.75. The lowest BCUT2D eigenvalue weighted by Gasteiger charge is -2.25. The molecule has 1 heterocycles. The molecule has 0 aromatic heterocycles. The number of benzene rings is 2. The summed E-state index contributed by atoms with van der Waals surface area (Å²) in [7, 11) is 0. The first-order chi connectivity index (χ1) is 14.4. The minimum atomic E-state index is -0.801. The van der Waals surface area contributed by atoms with Crippen LogP contribution in [0.15, 0.2) is 66.8 Å². The van der Waals surface area contributed by atoms with Crippen molar-refractivity contribution in [3.8, 4) is 5.75 Å². The van der Waals surface area contributed by atoms with Gasteiger partial charge in [0.1, 0.15) is 17.9 Å². The number of barbiturate groups is 1. The summed E-state index contributed by atoms with van der Waals surface area (Å²) in [4.78, 5) is 47.7. The Hall–Kier alpha value is -4.27. The summed E-state index contributed by atoms with van der Waals surface area (Å²) in [5.74, 6) is -1.12. The smallest absolute Gasteiger partial charge is 0.331 e. The van der Waals surface area contributed by atoms with E-state index in [9.17, 15) is 24.5 Å². The zero-order valence-corrected chi connectivity index (χ0v) is 15.7. The Morgan fingerprint density at radius 3 is 2.47 bits per heavy atom. The lowest BCUT2D eigenvalue weighted by Crippen LogP contribution is -2.54. The molecule has 0 atom stereocenters. The molecule has 1 N–H and O–H groups in total. The number of hydrogen-bond donors (Lipinski definition) is 1. The number of para-hydroxylation sites is 1. The number of nitro groups is 1. The molecule has 0 radical (unpaired) electrons. The first kappa shape index (κ1) is 20.5. The molecule has 30 heavy (non-hydrogen) atoms. The third-order valence-electron chi connectivity index (χ3n) is 4.26. The van der Waals surface area contributed by atoms with Gasteiger partial charge in [0.25, 0.3) is 17.5 Å². The number of non-ortho nitro benzene ring substituents is 1. The number of nitrogens with zero attached hydrogens (tertiary/aromatic N) is 2. The predicted molar refractivity (Wildman–Crippen MR) is 107 cm³/mol. The van der Waals surface area contributed by atoms with Crippen LogP contribution in [0.4, 0.5) is 10.5 Å². The Labute approximate surface area is 171 Å². The lowest BCUT2D eigenvalue weighted by atomic mass is 10.1. The van der Waals surface area contributed by atoms with Gasteiger partial charge in [0, 0.05) is 24.2 Å². The summed E-state index contributed by atoms with van der Waals surface area (Å²) in [6, 6.07) is 11.9. The topological polar surface area (TPSA) is 119 Å². The van der Waals surface area contributed by atoms with Gasteiger partial charge in [0.05, 0.1) is 4.92 Å². The highest BCUT2D eigenvalue weighted by Gasteiger charge is 2.35. The van der Waals surface area contributed by atoms with Crippen molar-refractivity contribution in [2.24, 2.45) is 0 Å². The van der Waals surface area contributed by atoms with Crippen LogP contribution in [0.25, 0.3) is 6.08 Å². The van der Waals surface area contributed by atoms with E-state index in [1.807, 2.05) is 0 Å². The number of carbonyl (C=O) groups is 3. The zero-order valence-electron chi connectivity index (χ0n) is 15.7. The van der Waals surface area contributed by atoms with Crippen molar-refractivity contribution in [1.82, 2.24) is 10.2 Å². The van der Waals surface area contributed by atoms with Gasteiger partial charge in [-0.15, -0.1) is 6.58 Å². The molecule has 1 aliphatic rings. The number of amides is 4. The van der Waals surface area contributed by atoms with Crippen LogP contribution in [0.3, 0.4) is 0 Å². The Bertz CT molecular complexity index is 1060. The molecule has 9 heteroatoms. The van der Waals surface area contributed by atoms with Crippen LogP contribution in [0.5, 0.6) is 5.75 Å². The number of carbonyl (C=O) groups excluding carboxylic acids is 3. The summed E-state index contributed by atoms with van der Waals surface area (Å²) in [5.41, 5.74) is 0.940. The highest BCUT2D eigenvalue weighted by atomic mass is 16.6. The number of urea groups is 1. The van der Waals surface area contributed by atoms with Crippen LogP contribution in [-0.2, 0) is 16.2 Å². The fourth-order valence-corrected chi connectivity index (χ4v) is 2.75. The average Bonchev–Trinajstić information content (AvgIpc) is 2.73. The van der Waals surface area contributed by atoms with Gasteiger partial charge in [0.15, 0.2) is 0 Å². The van der Waals surface area contributed by atoms with E-state index in [4.69, 9.17) is 4.74 Å². The number of rotatable bonds is 7. The van der Waals surface area contributed by atoms with E-state index >= 15 is 0 Å². The second-order valence-electron chi connectivity index (χ2n) is 6.27. The molecule has 1 saturated heterocycles. The summed E-state index contributed by atoms with van der Waals surface area (Å²) < 4.78 is 5.78. The number of ether oxygens (including phenoxy) is 1. The first-order valence-electron chi connectivity index (χ1n) is 8.85. The van der Waals surface area contributed by atoms with E-state index in [-0.39, 0.29) is 24.4 Å². The van der Waals surface area contributed by atoms with Gasteiger partial charge in [-0.2, -0.15) is 0 Å². The van der Waals surface area contributed by atoms with Gasteiger partial charge in [-0.05, 0) is 29.8 Å². The third kappa shape index (κ3) is 4.41. The maximum atomic E-state index is 12.6. The van der Waals surface area contributed by atoms with Gasteiger partial charge < -0.3 is 4.74 Å². The number of imide groups is 2. The van der Waals surface area contributed by atoms with Crippen molar-refractivity contribution in [3.05, 3.63) is 88.0 Å². The van der Waals surface area contributed by atoms with E-state index in [0.717, 1.165) is 4.90 Å². The minimum absolute atomic E-state index is 0.0238. The van der Waals surface area contributed by atoms with Gasteiger partial charge in [-0.3, -0.25) is 29.9 Å². The fraction of sp³-hybridized carbons (Fsp3) is 0.0952. The van der Waals surface area contributed by atoms with Gasteiger partial charge in [0.2, 0.25) is 0 Å². The molecule has 0 saturated carbocycles. The molecular formula is C21H17N3O6. The molecule has 1 aliphatic heterocycles. The van der Waals surface area contributed by atoms with Crippen LogP contribution in [-0.4, -0.2) is 34.2 Å². The normalized spacial score (nSPS) is 15.1. The van der Waals surface area contributed by atoms with Crippen molar-refractivity contribution in [2.75, 3.05) is 6.54 Å². The standard InChI is InChI=1S/C21H17N3O6/c1-2-11-23-20(26)17(19(25)22-21(23)27)12-15-5-3-4-6-18(15)30-13-14-7-9-16(10-8-14)24(28)29/h2-10,12H,1,11,13H2,(H,22,25,27)/b17-12+. The maximum Gasteiger partial charge on any atom is 0.331 e. The summed E-state index contributed by atoms with van der Waals surface area (Å²) >= 11 is 0. The monoisotopic (exact) mass is 407 g/mol. The van der Waals surface area contributed by atoms with Crippen molar-refractivity contribution in [2.45, 2.75) is 6.61 Å². The van der Waals surface area contributed by atoms with Gasteiger partial charge in [-0.25, -0.2) is 4.79 Å². The highest BCUT2D eigenvalue weighted by Crippen LogP contribution is 2.24. The second-order valence-corrected chi connectivity index (χ2v) is 6.27. The SMILES string of the molecule is C=CCN1C(=O)NC(=O)/C(=C\c2ccccc2OCc2ccc([N+](=O)[O-])cc2)C1=O. The molecular weight excluding hydrogens is 390 g/mol. The summed E-state index contributed by atoms with van der Waals surface area (Å²) in [6.45, 7) is 3.59. The van der Waals surface area contributed by atoms with Gasteiger partial charge in [-0.1, -0.05) is 24.3 Å². The van der Waals surface area contributed by atoms with E-state index in [2.05, 4.69) is 11.9 Å². The van der Waals surface area contributed by atoms with E-state index in [1.165, 1.54) is 24.3 Å². The van der Waals surface area contributed by atoms with Crippen molar-refractivity contribution in [1.29, 1.82) is 0 Å². The Balaban J connectivity index is 1.83. The van der Waals surface area contributed by atoms with Crippen molar-refractivity contribution < 1.29 is 24.0 Å². The molecule has 0 spiro atoms. The summed E-state index contributed by atoms with van der Waals surface area (Å²) in [6.07, 6.45) is 2.73. The molecule has 2 aromatic carbocycles. The van der Waals surface area contributed by atoms with E-state index in [1.54, 1.807) is 36.4 Å². The van der Waals surface area contributed by atoms with Crippen LogP contribution in [0.1, 0.15) is 11.1 Å². The minimum Gasteiger partial charge on any atom is -0.488 e. The average molecular weight is 407 g/mol. The third-order valence-corrected chi connectivity index (χ3v) is 4.26. The number of nitrogens with one attached hydrogen (secondary N) is 1. The zero-order chi connectivity index (χ0) is 21.7. The van der Waals surface area contributed by atoms with Crippen molar-refractivity contribution >= 4 is 29.6 Å². The Morgan fingerprint density at radius 2 is 1.80 bits per heavy atom. The number of hydrogen-bond acceptors (Lipinski definition) is 6. The molecule has 2 aromatic rings. The summed E-state index contributed by atoms with van der Waals surface area (Å²) in [5, 5.41) is 12.9. The van der Waals surface area contributed by atoms with E-state index in [0.29, 0.717) is 16.9 Å². The lowest BCUT2D eigenvalue weighted by molar-refractivity contribution is -0.384. The maximum absolute atomic E-state index is 12.6. The molecule has 0 bridgehead atoms. The first-order valence-corrected chi connectivity index (χ1v) is 8.85. The molecule has 4 amide bonds. The predicted octanol–water partition coefficient (Wildman–Crippen LogP) is 2.82. The molecule has 152 valence electrons. The van der Waals surface area contributed by atoms with Crippen LogP contribution >= 0.6 is 0 Å². The molecule has 9 nitrogen and oxygen atoms in total. The Kier molecular flexibility index (Phi) is 6.02. The van der Waals surface area contributed by atoms with Crippen LogP contribution < -0.4 is 10.1 Å². The second kappa shape index (κ2) is 8.82. The molecule has 3 rings (SSSR count). The molecule has 1 fully saturated rings.